The van der Waals surface area contributed by atoms with E-state index in [1.165, 1.54) is 0 Å². The Labute approximate surface area is 352 Å². The lowest BCUT2D eigenvalue weighted by Crippen LogP contribution is -2.44. The van der Waals surface area contributed by atoms with Crippen molar-refractivity contribution in [1.29, 1.82) is 0 Å². The van der Waals surface area contributed by atoms with Crippen LogP contribution in [0.15, 0.2) is 121 Å². The molecular weight excluding hydrogens is 769 g/mol. The van der Waals surface area contributed by atoms with Gasteiger partial charge in [0.2, 0.25) is 0 Å². The van der Waals surface area contributed by atoms with Crippen LogP contribution in [0.5, 0.6) is 34.5 Å². The van der Waals surface area contributed by atoms with Gasteiger partial charge in [0.15, 0.2) is 23.7 Å². The Hall–Kier alpha value is -5.34. The Morgan fingerprint density at radius 3 is 1.05 bits per heavy atom. The Morgan fingerprint density at radius 1 is 0.333 bits per heavy atom. The average Bonchev–Trinajstić information content (AvgIpc) is 3.27. The highest BCUT2D eigenvalue weighted by molar-refractivity contribution is 5.85. The minimum Gasteiger partial charge on any atom is -0.490 e. The number of para-hydroxylation sites is 2. The molecule has 2 aliphatic rings. The van der Waals surface area contributed by atoms with E-state index >= 15 is 0 Å². The molecule has 5 aromatic rings. The molecule has 5 aromatic carbocycles. The molecule has 0 saturated heterocycles. The van der Waals surface area contributed by atoms with Crippen LogP contribution in [-0.2, 0) is 41.6 Å². The van der Waals surface area contributed by atoms with Crippen LogP contribution in [-0.4, -0.2) is 105 Å². The molecule has 318 valence electrons. The molecule has 12 heteroatoms. The van der Waals surface area contributed by atoms with Gasteiger partial charge in [0, 0.05) is 0 Å². The molecule has 0 fully saturated rings. The van der Waals surface area contributed by atoms with Crippen LogP contribution in [0.4, 0.5) is 0 Å². The quantitative estimate of drug-likeness (QED) is 0.154. The molecule has 0 aliphatic carbocycles. The molecule has 0 bridgehead atoms. The number of rotatable bonds is 8. The van der Waals surface area contributed by atoms with Gasteiger partial charge >= 0.3 is 0 Å². The van der Waals surface area contributed by atoms with Crippen molar-refractivity contribution in [3.63, 3.8) is 0 Å². The standard InChI is InChI=1S/C48H54O12/c1-3-11-37(12-4-1)33-53-35-45-46(36-54-34-38-13-5-2-6-14-38)60-44-20-10-18-42-48(44)47-41(17-9-19-43(47)59-45)57-31-27-51-23-21-49-25-29-55-39-15-7-8-16-40(39)56-30-26-50-22-24-52-28-32-58-42/h1-20,45-46H,21-36H2/t45-,46-/m1/s1. The second-order valence-electron chi connectivity index (χ2n) is 13.9. The van der Waals surface area contributed by atoms with Crippen molar-refractivity contribution in [2.24, 2.45) is 0 Å². The SMILES string of the molecule is c1ccc(COC[C@H]2Oc3cccc4c3-c3c(cccc3O[C@@H]2COCc2ccccc2)OCCOCCOCCOc2ccccc2OCCOCCOCCO4)cc1. The summed E-state index contributed by atoms with van der Waals surface area (Å²) in [6.45, 7) is 5.72. The number of fused-ring (bicyclic) bond motifs is 1. The van der Waals surface area contributed by atoms with Gasteiger partial charge in [-0.15, -0.1) is 0 Å². The molecule has 0 unspecified atom stereocenters. The highest BCUT2D eigenvalue weighted by atomic mass is 16.6. The van der Waals surface area contributed by atoms with Crippen molar-refractivity contribution in [2.45, 2.75) is 25.4 Å². The van der Waals surface area contributed by atoms with Crippen molar-refractivity contribution in [1.82, 2.24) is 0 Å². The molecule has 0 spiro atoms. The summed E-state index contributed by atoms with van der Waals surface area (Å²) in [5.74, 6) is 3.68. The summed E-state index contributed by atoms with van der Waals surface area (Å²) in [4.78, 5) is 0. The van der Waals surface area contributed by atoms with E-state index < -0.39 is 12.2 Å². The van der Waals surface area contributed by atoms with Gasteiger partial charge in [-0.25, -0.2) is 0 Å². The zero-order valence-corrected chi connectivity index (χ0v) is 33.9. The van der Waals surface area contributed by atoms with E-state index in [0.29, 0.717) is 125 Å². The predicted octanol–water partition coefficient (Wildman–Crippen LogP) is 7.59. The van der Waals surface area contributed by atoms with Crippen molar-refractivity contribution >= 4 is 0 Å². The minimum absolute atomic E-state index is 0.244. The summed E-state index contributed by atoms with van der Waals surface area (Å²) in [7, 11) is 0. The maximum Gasteiger partial charge on any atom is 0.161 e. The molecule has 0 N–H and O–H groups in total. The lowest BCUT2D eigenvalue weighted by atomic mass is 9.99. The molecule has 0 amide bonds. The minimum atomic E-state index is -0.545. The first-order valence-corrected chi connectivity index (χ1v) is 20.6. The fraction of sp³-hybridized carbons (Fsp3) is 0.375. The molecular formula is C48H54O12. The second-order valence-corrected chi connectivity index (χ2v) is 13.9. The zero-order valence-electron chi connectivity index (χ0n) is 33.9. The topological polar surface area (TPSA) is 111 Å². The monoisotopic (exact) mass is 822 g/mol. The van der Waals surface area contributed by atoms with Crippen molar-refractivity contribution in [3.05, 3.63) is 132 Å². The number of ether oxygens (including phenoxy) is 12. The molecule has 12 nitrogen and oxygen atoms in total. The summed E-state index contributed by atoms with van der Waals surface area (Å²) in [5, 5.41) is 0. The van der Waals surface area contributed by atoms with Crippen LogP contribution in [0, 0.1) is 0 Å². The van der Waals surface area contributed by atoms with E-state index in [0.717, 1.165) is 11.1 Å². The normalized spacial score (nSPS) is 18.5. The van der Waals surface area contributed by atoms with Crippen molar-refractivity contribution < 1.29 is 56.8 Å². The number of benzene rings is 5. The lowest BCUT2D eigenvalue weighted by molar-refractivity contribution is -0.0553. The van der Waals surface area contributed by atoms with E-state index in [-0.39, 0.29) is 26.4 Å². The van der Waals surface area contributed by atoms with Gasteiger partial charge in [-0.2, -0.15) is 0 Å². The fourth-order valence-corrected chi connectivity index (χ4v) is 6.62. The fourth-order valence-electron chi connectivity index (χ4n) is 6.62. The van der Waals surface area contributed by atoms with E-state index in [2.05, 4.69) is 0 Å². The zero-order chi connectivity index (χ0) is 40.9. The van der Waals surface area contributed by atoms with Gasteiger partial charge < -0.3 is 56.8 Å². The third-order valence-electron chi connectivity index (χ3n) is 9.52. The van der Waals surface area contributed by atoms with Crippen LogP contribution in [0.3, 0.4) is 0 Å². The van der Waals surface area contributed by atoms with Gasteiger partial charge in [-0.05, 0) is 47.5 Å². The summed E-state index contributed by atoms with van der Waals surface area (Å²) >= 11 is 0. The molecule has 60 heavy (non-hydrogen) atoms. The molecule has 2 atom stereocenters. The van der Waals surface area contributed by atoms with Crippen LogP contribution >= 0.6 is 0 Å². The van der Waals surface area contributed by atoms with E-state index in [1.807, 2.05) is 121 Å². The van der Waals surface area contributed by atoms with Crippen LogP contribution in [0.2, 0.25) is 0 Å². The van der Waals surface area contributed by atoms with Gasteiger partial charge in [0.05, 0.1) is 90.4 Å². The average molecular weight is 823 g/mol. The van der Waals surface area contributed by atoms with Gasteiger partial charge in [-0.1, -0.05) is 84.9 Å². The Kier molecular flexibility index (Phi) is 17.1. The molecule has 0 saturated carbocycles. The predicted molar refractivity (Wildman–Crippen MR) is 225 cm³/mol. The maximum atomic E-state index is 6.88. The van der Waals surface area contributed by atoms with Crippen LogP contribution in [0.1, 0.15) is 11.1 Å². The first-order valence-electron chi connectivity index (χ1n) is 20.6. The van der Waals surface area contributed by atoms with Crippen molar-refractivity contribution in [2.75, 3.05) is 92.5 Å². The summed E-state index contributed by atoms with van der Waals surface area (Å²) in [6.07, 6.45) is -1.09. The third-order valence-corrected chi connectivity index (χ3v) is 9.52. The van der Waals surface area contributed by atoms with Gasteiger partial charge in [0.25, 0.3) is 0 Å². The van der Waals surface area contributed by atoms with Gasteiger partial charge in [-0.3, -0.25) is 0 Å². The Bertz CT molecular complexity index is 1840. The third kappa shape index (κ3) is 13.1. The Morgan fingerprint density at radius 2 is 0.650 bits per heavy atom. The first-order chi connectivity index (χ1) is 29.8. The summed E-state index contributed by atoms with van der Waals surface area (Å²) < 4.78 is 74.3. The first kappa shape index (κ1) is 42.8. The van der Waals surface area contributed by atoms with E-state index in [9.17, 15) is 0 Å². The van der Waals surface area contributed by atoms with E-state index in [1.54, 1.807) is 0 Å². The molecule has 0 radical (unpaired) electrons. The molecule has 7 rings (SSSR count). The largest absolute Gasteiger partial charge is 0.490 e. The summed E-state index contributed by atoms with van der Waals surface area (Å²) in [5.41, 5.74) is 3.51. The highest BCUT2D eigenvalue weighted by Gasteiger charge is 2.34. The molecule has 2 heterocycles. The molecule has 2 aliphatic heterocycles. The second kappa shape index (κ2) is 24.0. The lowest BCUT2D eigenvalue weighted by Gasteiger charge is -2.33. The van der Waals surface area contributed by atoms with E-state index in [4.69, 9.17) is 56.8 Å². The van der Waals surface area contributed by atoms with Crippen molar-refractivity contribution in [3.8, 4) is 45.6 Å². The maximum absolute atomic E-state index is 6.88. The number of hydrogen-bond acceptors (Lipinski definition) is 12. The number of hydrogen-bond donors (Lipinski definition) is 0. The van der Waals surface area contributed by atoms with Gasteiger partial charge in [0.1, 0.15) is 49.4 Å². The Balaban J connectivity index is 1.09. The van der Waals surface area contributed by atoms with Crippen LogP contribution < -0.4 is 28.4 Å². The summed E-state index contributed by atoms with van der Waals surface area (Å²) in [6, 6.07) is 39.2. The highest BCUT2D eigenvalue weighted by Crippen LogP contribution is 2.49. The molecule has 0 aromatic heterocycles. The smallest absolute Gasteiger partial charge is 0.161 e. The van der Waals surface area contributed by atoms with Crippen LogP contribution in [0.25, 0.3) is 11.1 Å².